The lowest BCUT2D eigenvalue weighted by atomic mass is 9.95. The Labute approximate surface area is 149 Å². The maximum atomic E-state index is 12.9. The van der Waals surface area contributed by atoms with Crippen molar-refractivity contribution < 1.29 is 9.90 Å². The van der Waals surface area contributed by atoms with Crippen LogP contribution in [0.3, 0.4) is 0 Å². The molecule has 2 N–H and O–H groups in total. The average Bonchev–Trinajstić information content (AvgIpc) is 3.07. The van der Waals surface area contributed by atoms with Gasteiger partial charge in [-0.25, -0.2) is 0 Å². The molecule has 25 heavy (non-hydrogen) atoms. The van der Waals surface area contributed by atoms with Gasteiger partial charge in [-0.05, 0) is 31.7 Å². The third-order valence-electron chi connectivity index (χ3n) is 4.11. The van der Waals surface area contributed by atoms with Crippen molar-refractivity contribution in [3.8, 4) is 11.3 Å². The van der Waals surface area contributed by atoms with Crippen LogP contribution in [0.2, 0.25) is 0 Å². The van der Waals surface area contributed by atoms with Crippen LogP contribution in [0.15, 0.2) is 6.07 Å². The van der Waals surface area contributed by atoms with Gasteiger partial charge in [0.05, 0.1) is 11.4 Å². The third kappa shape index (κ3) is 4.48. The second kappa shape index (κ2) is 7.39. The van der Waals surface area contributed by atoms with E-state index in [0.717, 1.165) is 22.6 Å². The molecule has 2 heterocycles. The van der Waals surface area contributed by atoms with Crippen molar-refractivity contribution in [1.82, 2.24) is 24.9 Å². The lowest BCUT2D eigenvalue weighted by Gasteiger charge is -2.29. The first-order valence-corrected chi connectivity index (χ1v) is 8.60. The van der Waals surface area contributed by atoms with Gasteiger partial charge in [-0.3, -0.25) is 14.6 Å². The fourth-order valence-electron chi connectivity index (χ4n) is 2.96. The molecule has 0 saturated carbocycles. The minimum Gasteiger partial charge on any atom is -0.396 e. The molecule has 0 unspecified atom stereocenters. The minimum absolute atomic E-state index is 0.0233. The molecule has 0 aliphatic heterocycles. The number of hydrogen-bond acceptors (Lipinski definition) is 4. The number of rotatable bonds is 6. The van der Waals surface area contributed by atoms with E-state index in [9.17, 15) is 4.79 Å². The Morgan fingerprint density at radius 3 is 2.56 bits per heavy atom. The summed E-state index contributed by atoms with van der Waals surface area (Å²) in [5, 5.41) is 20.7. The summed E-state index contributed by atoms with van der Waals surface area (Å²) in [5.41, 5.74) is 4.01. The van der Waals surface area contributed by atoms with Gasteiger partial charge in [0, 0.05) is 38.0 Å². The van der Waals surface area contributed by atoms with Crippen molar-refractivity contribution >= 4 is 5.91 Å². The van der Waals surface area contributed by atoms with E-state index in [0.29, 0.717) is 25.2 Å². The van der Waals surface area contributed by atoms with E-state index in [1.54, 1.807) is 11.0 Å². The molecule has 2 aromatic rings. The van der Waals surface area contributed by atoms with Crippen molar-refractivity contribution in [2.24, 2.45) is 12.5 Å². The Morgan fingerprint density at radius 2 is 2.04 bits per heavy atom. The quantitative estimate of drug-likeness (QED) is 0.839. The Balaban J connectivity index is 2.28. The Hall–Kier alpha value is -2.15. The van der Waals surface area contributed by atoms with E-state index >= 15 is 0 Å². The molecule has 0 atom stereocenters. The van der Waals surface area contributed by atoms with E-state index in [1.807, 2.05) is 25.6 Å². The first-order valence-electron chi connectivity index (χ1n) is 8.60. The summed E-state index contributed by atoms with van der Waals surface area (Å²) < 4.78 is 1.81. The van der Waals surface area contributed by atoms with Crippen LogP contribution in [0.1, 0.15) is 49.1 Å². The Morgan fingerprint density at radius 1 is 1.36 bits per heavy atom. The highest BCUT2D eigenvalue weighted by molar-refractivity contribution is 5.93. The van der Waals surface area contributed by atoms with Gasteiger partial charge in [0.2, 0.25) is 0 Å². The largest absolute Gasteiger partial charge is 0.396 e. The predicted molar refractivity (Wildman–Crippen MR) is 97.3 cm³/mol. The number of nitrogens with zero attached hydrogens (tertiary/aromatic N) is 4. The highest BCUT2D eigenvalue weighted by Gasteiger charge is 2.24. The molecule has 138 valence electrons. The zero-order chi connectivity index (χ0) is 18.8. The van der Waals surface area contributed by atoms with Gasteiger partial charge in [0.25, 0.3) is 5.91 Å². The normalized spacial score (nSPS) is 11.8. The molecule has 2 rings (SSSR count). The number of H-pyrrole nitrogens is 1. The third-order valence-corrected chi connectivity index (χ3v) is 4.11. The summed E-state index contributed by atoms with van der Waals surface area (Å²) in [5.74, 6) is -0.0960. The zero-order valence-corrected chi connectivity index (χ0v) is 16.1. The zero-order valence-electron chi connectivity index (χ0n) is 16.1. The van der Waals surface area contributed by atoms with E-state index in [2.05, 4.69) is 36.1 Å². The number of aliphatic hydroxyl groups is 1. The second-order valence-corrected chi connectivity index (χ2v) is 7.70. The predicted octanol–water partition coefficient (Wildman–Crippen LogP) is 2.30. The van der Waals surface area contributed by atoms with Crippen LogP contribution in [-0.4, -0.2) is 55.6 Å². The SMILES string of the molecule is Cc1nn(C)c(C)c1-c1cc(C(=O)N(CCCO)CC(C)(C)C)[nH]n1. The molecular weight excluding hydrogens is 318 g/mol. The van der Waals surface area contributed by atoms with Gasteiger partial charge in [-0.1, -0.05) is 20.8 Å². The van der Waals surface area contributed by atoms with Gasteiger partial charge in [0.1, 0.15) is 5.69 Å². The molecule has 0 radical (unpaired) electrons. The highest BCUT2D eigenvalue weighted by atomic mass is 16.3. The molecule has 0 aliphatic rings. The van der Waals surface area contributed by atoms with Crippen LogP contribution >= 0.6 is 0 Å². The monoisotopic (exact) mass is 347 g/mol. The number of hydrogen-bond donors (Lipinski definition) is 2. The Bertz CT molecular complexity index is 739. The first kappa shape index (κ1) is 19.2. The molecule has 0 spiro atoms. The van der Waals surface area contributed by atoms with E-state index in [4.69, 9.17) is 5.11 Å². The average molecular weight is 347 g/mol. The van der Waals surface area contributed by atoms with Gasteiger partial charge >= 0.3 is 0 Å². The molecular formula is C18H29N5O2. The maximum Gasteiger partial charge on any atom is 0.271 e. The summed E-state index contributed by atoms with van der Waals surface area (Å²) in [6.07, 6.45) is 0.559. The number of carbonyl (C=O) groups excluding carboxylic acids is 1. The van der Waals surface area contributed by atoms with Crippen LogP contribution in [0.4, 0.5) is 0 Å². The number of nitrogens with one attached hydrogen (secondary N) is 1. The second-order valence-electron chi connectivity index (χ2n) is 7.70. The van der Waals surface area contributed by atoms with Crippen LogP contribution in [0.25, 0.3) is 11.3 Å². The van der Waals surface area contributed by atoms with Gasteiger partial charge in [-0.2, -0.15) is 10.2 Å². The maximum absolute atomic E-state index is 12.9. The molecule has 0 aliphatic carbocycles. The lowest BCUT2D eigenvalue weighted by molar-refractivity contribution is 0.0676. The molecule has 0 bridgehead atoms. The summed E-state index contributed by atoms with van der Waals surface area (Å²) >= 11 is 0. The summed E-state index contributed by atoms with van der Waals surface area (Å²) in [4.78, 5) is 14.7. The van der Waals surface area contributed by atoms with E-state index in [1.165, 1.54) is 0 Å². The number of aryl methyl sites for hydroxylation is 2. The number of aromatic nitrogens is 4. The molecule has 1 amide bonds. The number of amides is 1. The van der Waals surface area contributed by atoms with Crippen LogP contribution in [-0.2, 0) is 7.05 Å². The fraction of sp³-hybridized carbons (Fsp3) is 0.611. The van der Waals surface area contributed by atoms with Crippen molar-refractivity contribution in [1.29, 1.82) is 0 Å². The van der Waals surface area contributed by atoms with Gasteiger partial charge in [-0.15, -0.1) is 0 Å². The number of carbonyl (C=O) groups is 1. The number of aliphatic hydroxyl groups excluding tert-OH is 1. The number of aromatic amines is 1. The smallest absolute Gasteiger partial charge is 0.271 e. The van der Waals surface area contributed by atoms with Crippen LogP contribution in [0.5, 0.6) is 0 Å². The molecule has 7 heteroatoms. The van der Waals surface area contributed by atoms with Gasteiger partial charge < -0.3 is 10.0 Å². The first-order chi connectivity index (χ1) is 11.6. The molecule has 2 aromatic heterocycles. The fourth-order valence-corrected chi connectivity index (χ4v) is 2.96. The molecule has 7 nitrogen and oxygen atoms in total. The van der Waals surface area contributed by atoms with Crippen LogP contribution < -0.4 is 0 Å². The Kier molecular flexibility index (Phi) is 5.67. The van der Waals surface area contributed by atoms with E-state index < -0.39 is 0 Å². The topological polar surface area (TPSA) is 87.0 Å². The standard InChI is InChI=1S/C18H29N5O2/c1-12-16(13(2)22(6)21-12)14-10-15(20-19-14)17(25)23(8-7-9-24)11-18(3,4)5/h10,24H,7-9,11H2,1-6H3,(H,19,20). The van der Waals surface area contributed by atoms with E-state index in [-0.39, 0.29) is 17.9 Å². The van der Waals surface area contributed by atoms with Crippen LogP contribution in [0, 0.1) is 19.3 Å². The van der Waals surface area contributed by atoms with Crippen molar-refractivity contribution in [2.75, 3.05) is 19.7 Å². The summed E-state index contributed by atoms with van der Waals surface area (Å²) in [7, 11) is 1.89. The highest BCUT2D eigenvalue weighted by Crippen LogP contribution is 2.26. The van der Waals surface area contributed by atoms with Crippen molar-refractivity contribution in [3.63, 3.8) is 0 Å². The summed E-state index contributed by atoms with van der Waals surface area (Å²) in [6.45, 7) is 11.4. The minimum atomic E-state index is -0.0960. The molecule has 0 fully saturated rings. The molecule has 0 aromatic carbocycles. The molecule has 0 saturated heterocycles. The summed E-state index contributed by atoms with van der Waals surface area (Å²) in [6, 6.07) is 1.79. The van der Waals surface area contributed by atoms with Crippen molar-refractivity contribution in [3.05, 3.63) is 23.1 Å². The van der Waals surface area contributed by atoms with Gasteiger partial charge in [0.15, 0.2) is 0 Å². The lowest BCUT2D eigenvalue weighted by Crippen LogP contribution is -2.39. The van der Waals surface area contributed by atoms with Crippen molar-refractivity contribution in [2.45, 2.75) is 41.0 Å².